The summed E-state index contributed by atoms with van der Waals surface area (Å²) in [6.07, 6.45) is 0.899. The summed E-state index contributed by atoms with van der Waals surface area (Å²) < 4.78 is 4.65. The Hall–Kier alpha value is -0.220. The first-order chi connectivity index (χ1) is 5.77. The van der Waals surface area contributed by atoms with Gasteiger partial charge in [0.2, 0.25) is 0 Å². The number of rotatable bonds is 4. The first-order valence-electron chi connectivity index (χ1n) is 4.13. The average Bonchev–Trinajstić information content (AvgIpc) is 2.02. The number of nitrogens with two attached hydrogens (primary N) is 1. The van der Waals surface area contributed by atoms with Gasteiger partial charge in [0.25, 0.3) is 0 Å². The Bertz CT molecular complexity index is 159. The van der Waals surface area contributed by atoms with E-state index in [4.69, 9.17) is 5.73 Å². The van der Waals surface area contributed by atoms with Crippen LogP contribution in [0.3, 0.4) is 0 Å². The summed E-state index contributed by atoms with van der Waals surface area (Å²) >= 11 is 1.92. The van der Waals surface area contributed by atoms with Gasteiger partial charge in [0.05, 0.1) is 13.0 Å². The van der Waals surface area contributed by atoms with Gasteiger partial charge in [-0.05, 0) is 23.8 Å². The van der Waals surface area contributed by atoms with Crippen LogP contribution in [-0.2, 0) is 9.53 Å². The quantitative estimate of drug-likeness (QED) is 0.654. The van der Waals surface area contributed by atoms with Gasteiger partial charge < -0.3 is 10.5 Å². The van der Waals surface area contributed by atoms with Crippen molar-refractivity contribution in [3.05, 3.63) is 0 Å². The fraction of sp³-hybridized carbons (Fsp3) is 0.875. The predicted octanol–water partition coefficient (Wildman–Crippen LogP) is 0.487. The SMILES string of the molecule is COC(=O)C(CN)CC1CSC1. The molecule has 1 rings (SSSR count). The molecule has 1 aliphatic rings. The molecular formula is C8H15NO2S. The molecule has 4 heteroatoms. The van der Waals surface area contributed by atoms with Gasteiger partial charge in [-0.3, -0.25) is 4.79 Å². The maximum Gasteiger partial charge on any atom is 0.309 e. The molecule has 1 fully saturated rings. The van der Waals surface area contributed by atoms with Crippen LogP contribution in [0.15, 0.2) is 0 Å². The average molecular weight is 189 g/mol. The molecule has 0 aromatic heterocycles. The molecule has 0 aromatic rings. The molecule has 0 spiro atoms. The molecule has 1 aliphatic heterocycles. The Morgan fingerprint density at radius 3 is 2.75 bits per heavy atom. The molecule has 0 radical (unpaired) electrons. The zero-order valence-corrected chi connectivity index (χ0v) is 8.10. The molecule has 3 nitrogen and oxygen atoms in total. The Morgan fingerprint density at radius 2 is 2.42 bits per heavy atom. The summed E-state index contributed by atoms with van der Waals surface area (Å²) in [5.74, 6) is 2.79. The minimum Gasteiger partial charge on any atom is -0.469 e. The summed E-state index contributed by atoms with van der Waals surface area (Å²) in [4.78, 5) is 11.1. The predicted molar refractivity (Wildman–Crippen MR) is 50.0 cm³/mol. The first kappa shape index (κ1) is 9.86. The molecule has 1 unspecified atom stereocenters. The van der Waals surface area contributed by atoms with Gasteiger partial charge >= 0.3 is 5.97 Å². The number of methoxy groups -OCH3 is 1. The van der Waals surface area contributed by atoms with Crippen LogP contribution in [-0.4, -0.2) is 31.1 Å². The van der Waals surface area contributed by atoms with Crippen molar-refractivity contribution in [3.8, 4) is 0 Å². The van der Waals surface area contributed by atoms with E-state index in [1.807, 2.05) is 11.8 Å². The summed E-state index contributed by atoms with van der Waals surface area (Å²) in [5.41, 5.74) is 5.47. The van der Waals surface area contributed by atoms with Crippen LogP contribution in [0.4, 0.5) is 0 Å². The van der Waals surface area contributed by atoms with E-state index >= 15 is 0 Å². The molecule has 2 N–H and O–H groups in total. The standard InChI is InChI=1S/C8H15NO2S/c1-11-8(10)7(3-9)2-6-4-12-5-6/h6-7H,2-5,9H2,1H3. The second-order valence-corrected chi connectivity index (χ2v) is 4.17. The molecule has 70 valence electrons. The van der Waals surface area contributed by atoms with Crippen molar-refractivity contribution in [1.29, 1.82) is 0 Å². The normalized spacial score (nSPS) is 19.8. The molecular weight excluding hydrogens is 174 g/mol. The number of thioether (sulfide) groups is 1. The largest absolute Gasteiger partial charge is 0.469 e. The van der Waals surface area contributed by atoms with Gasteiger partial charge in [-0.1, -0.05) is 0 Å². The van der Waals surface area contributed by atoms with E-state index in [0.29, 0.717) is 12.5 Å². The first-order valence-corrected chi connectivity index (χ1v) is 5.29. The Morgan fingerprint density at radius 1 is 1.75 bits per heavy atom. The maximum absolute atomic E-state index is 11.1. The van der Waals surface area contributed by atoms with Crippen molar-refractivity contribution in [3.63, 3.8) is 0 Å². The number of esters is 1. The van der Waals surface area contributed by atoms with E-state index in [1.54, 1.807) is 0 Å². The lowest BCUT2D eigenvalue weighted by atomic mass is 9.96. The van der Waals surface area contributed by atoms with Gasteiger partial charge in [-0.25, -0.2) is 0 Å². The minimum atomic E-state index is -0.158. The molecule has 1 atom stereocenters. The highest BCUT2D eigenvalue weighted by molar-refractivity contribution is 8.00. The van der Waals surface area contributed by atoms with Crippen molar-refractivity contribution in [2.75, 3.05) is 25.2 Å². The third-order valence-corrected chi connectivity index (χ3v) is 3.56. The molecule has 0 aliphatic carbocycles. The van der Waals surface area contributed by atoms with E-state index in [-0.39, 0.29) is 11.9 Å². The molecule has 0 bridgehead atoms. The number of carbonyl (C=O) groups excluding carboxylic acids is 1. The highest BCUT2D eigenvalue weighted by Gasteiger charge is 2.26. The Kier molecular flexibility index (Phi) is 3.88. The van der Waals surface area contributed by atoms with Crippen LogP contribution in [0.5, 0.6) is 0 Å². The molecule has 1 saturated heterocycles. The number of hydrogen-bond acceptors (Lipinski definition) is 4. The molecule has 0 saturated carbocycles. The van der Waals surface area contributed by atoms with E-state index in [0.717, 1.165) is 6.42 Å². The van der Waals surface area contributed by atoms with E-state index in [9.17, 15) is 4.79 Å². The highest BCUT2D eigenvalue weighted by Crippen LogP contribution is 2.30. The Labute approximate surface area is 77.0 Å². The van der Waals surface area contributed by atoms with Crippen LogP contribution in [0.2, 0.25) is 0 Å². The van der Waals surface area contributed by atoms with Crippen molar-refractivity contribution in [1.82, 2.24) is 0 Å². The fourth-order valence-corrected chi connectivity index (χ4v) is 2.12. The third-order valence-electron chi connectivity index (χ3n) is 2.14. The van der Waals surface area contributed by atoms with Crippen LogP contribution >= 0.6 is 11.8 Å². The monoisotopic (exact) mass is 189 g/mol. The summed E-state index contributed by atoms with van der Waals surface area (Å²) in [5, 5.41) is 0. The second kappa shape index (κ2) is 4.72. The Balaban J connectivity index is 2.28. The number of carbonyl (C=O) groups is 1. The highest BCUT2D eigenvalue weighted by atomic mass is 32.2. The van der Waals surface area contributed by atoms with Gasteiger partial charge in [0.1, 0.15) is 0 Å². The summed E-state index contributed by atoms with van der Waals surface area (Å²) in [6.45, 7) is 0.411. The zero-order chi connectivity index (χ0) is 8.97. The van der Waals surface area contributed by atoms with Crippen LogP contribution < -0.4 is 5.73 Å². The maximum atomic E-state index is 11.1. The lowest BCUT2D eigenvalue weighted by molar-refractivity contribution is -0.145. The van der Waals surface area contributed by atoms with E-state index < -0.39 is 0 Å². The summed E-state index contributed by atoms with van der Waals surface area (Å²) in [6, 6.07) is 0. The number of hydrogen-bond donors (Lipinski definition) is 1. The molecule has 0 aromatic carbocycles. The van der Waals surface area contributed by atoms with Crippen molar-refractivity contribution < 1.29 is 9.53 Å². The van der Waals surface area contributed by atoms with Crippen LogP contribution in [0.25, 0.3) is 0 Å². The smallest absolute Gasteiger partial charge is 0.309 e. The van der Waals surface area contributed by atoms with Crippen molar-refractivity contribution in [2.45, 2.75) is 6.42 Å². The molecule has 12 heavy (non-hydrogen) atoms. The zero-order valence-electron chi connectivity index (χ0n) is 7.29. The van der Waals surface area contributed by atoms with Gasteiger partial charge in [-0.15, -0.1) is 0 Å². The van der Waals surface area contributed by atoms with Crippen LogP contribution in [0, 0.1) is 11.8 Å². The minimum absolute atomic E-state index is 0.0825. The van der Waals surface area contributed by atoms with E-state index in [2.05, 4.69) is 4.74 Å². The van der Waals surface area contributed by atoms with Crippen molar-refractivity contribution in [2.24, 2.45) is 17.6 Å². The number of ether oxygens (including phenoxy) is 1. The molecule has 1 heterocycles. The second-order valence-electron chi connectivity index (χ2n) is 3.09. The fourth-order valence-electron chi connectivity index (χ4n) is 1.28. The van der Waals surface area contributed by atoms with Gasteiger partial charge in [-0.2, -0.15) is 11.8 Å². The van der Waals surface area contributed by atoms with Gasteiger partial charge in [0.15, 0.2) is 0 Å². The third kappa shape index (κ3) is 2.38. The topological polar surface area (TPSA) is 52.3 Å². The van der Waals surface area contributed by atoms with Crippen molar-refractivity contribution >= 4 is 17.7 Å². The van der Waals surface area contributed by atoms with E-state index in [1.165, 1.54) is 18.6 Å². The lowest BCUT2D eigenvalue weighted by Gasteiger charge is -2.27. The van der Waals surface area contributed by atoms with Crippen LogP contribution in [0.1, 0.15) is 6.42 Å². The van der Waals surface area contributed by atoms with Gasteiger partial charge in [0, 0.05) is 6.54 Å². The summed E-state index contributed by atoms with van der Waals surface area (Å²) in [7, 11) is 1.42. The molecule has 0 amide bonds. The lowest BCUT2D eigenvalue weighted by Crippen LogP contribution is -2.31.